The van der Waals surface area contributed by atoms with Gasteiger partial charge in [-0.05, 0) is 39.8 Å². The Morgan fingerprint density at radius 2 is 1.80 bits per heavy atom. The molecule has 20 heavy (non-hydrogen) atoms. The van der Waals surface area contributed by atoms with E-state index in [-0.39, 0.29) is 0 Å². The number of ether oxygens (including phenoxy) is 1. The van der Waals surface area contributed by atoms with Crippen molar-refractivity contribution in [1.29, 1.82) is 0 Å². The first-order valence-corrected chi connectivity index (χ1v) is 6.27. The number of aliphatic carboxylic acids is 1. The number of nitrogens with zero attached hydrogens (tertiary/aromatic N) is 1. The number of carboxylic acid groups (broad SMARTS) is 1. The number of hydrogen-bond acceptors (Lipinski definition) is 4. The number of para-hydroxylation sites is 1. The summed E-state index contributed by atoms with van der Waals surface area (Å²) in [6.45, 7) is 6.56. The van der Waals surface area contributed by atoms with Crippen LogP contribution in [-0.2, 0) is 9.53 Å². The number of rotatable bonds is 4. The van der Waals surface area contributed by atoms with Gasteiger partial charge in [-0.1, -0.05) is 18.2 Å². The molecule has 0 radical (unpaired) electrons. The predicted molar refractivity (Wildman–Crippen MR) is 75.2 cm³/mol. The fraction of sp³-hybridized carbons (Fsp3) is 0.429. The van der Waals surface area contributed by atoms with Gasteiger partial charge in [-0.3, -0.25) is 5.43 Å². The summed E-state index contributed by atoms with van der Waals surface area (Å²) in [6, 6.07) is 7.77. The van der Waals surface area contributed by atoms with Gasteiger partial charge in [0.2, 0.25) is 0 Å². The number of amides is 1. The van der Waals surface area contributed by atoms with Crippen molar-refractivity contribution in [2.75, 3.05) is 5.43 Å². The van der Waals surface area contributed by atoms with Crippen LogP contribution in [-0.4, -0.2) is 33.8 Å². The largest absolute Gasteiger partial charge is 0.480 e. The number of hydrazine groups is 1. The molecule has 6 heteroatoms. The van der Waals surface area contributed by atoms with Crippen molar-refractivity contribution >= 4 is 17.7 Å². The van der Waals surface area contributed by atoms with Crippen molar-refractivity contribution < 1.29 is 19.4 Å². The van der Waals surface area contributed by atoms with E-state index in [4.69, 9.17) is 9.84 Å². The molecule has 0 aromatic heterocycles. The van der Waals surface area contributed by atoms with Crippen LogP contribution in [0.4, 0.5) is 10.5 Å². The number of benzene rings is 1. The van der Waals surface area contributed by atoms with E-state index in [0.717, 1.165) is 5.01 Å². The lowest BCUT2D eigenvalue weighted by Crippen LogP contribution is -2.48. The van der Waals surface area contributed by atoms with E-state index in [1.165, 1.54) is 6.92 Å². The second kappa shape index (κ2) is 6.27. The highest BCUT2D eigenvalue weighted by molar-refractivity contribution is 5.80. The van der Waals surface area contributed by atoms with Gasteiger partial charge >= 0.3 is 12.1 Å². The number of carbonyl (C=O) groups is 2. The van der Waals surface area contributed by atoms with Crippen LogP contribution < -0.4 is 5.43 Å². The molecule has 0 aliphatic carbocycles. The molecule has 1 aromatic carbocycles. The van der Waals surface area contributed by atoms with Crippen molar-refractivity contribution in [3.63, 3.8) is 0 Å². The third-order valence-electron chi connectivity index (χ3n) is 2.36. The van der Waals surface area contributed by atoms with Crippen LogP contribution >= 0.6 is 0 Å². The van der Waals surface area contributed by atoms with E-state index in [1.54, 1.807) is 45.0 Å². The second-order valence-electron chi connectivity index (χ2n) is 5.34. The van der Waals surface area contributed by atoms with Gasteiger partial charge in [0.05, 0.1) is 5.69 Å². The summed E-state index contributed by atoms with van der Waals surface area (Å²) in [4.78, 5) is 23.2. The molecule has 0 heterocycles. The molecule has 0 aliphatic rings. The molecule has 1 aromatic rings. The lowest BCUT2D eigenvalue weighted by atomic mass is 10.2. The molecule has 6 nitrogen and oxygen atoms in total. The smallest absolute Gasteiger partial charge is 0.429 e. The minimum absolute atomic E-state index is 0.603. The van der Waals surface area contributed by atoms with Crippen molar-refractivity contribution in [3.05, 3.63) is 30.3 Å². The van der Waals surface area contributed by atoms with Gasteiger partial charge in [0.1, 0.15) is 5.60 Å². The minimum Gasteiger partial charge on any atom is -0.480 e. The van der Waals surface area contributed by atoms with Gasteiger partial charge < -0.3 is 9.84 Å². The van der Waals surface area contributed by atoms with E-state index in [2.05, 4.69) is 5.43 Å². The van der Waals surface area contributed by atoms with E-state index in [0.29, 0.717) is 5.69 Å². The Labute approximate surface area is 118 Å². The van der Waals surface area contributed by atoms with Gasteiger partial charge in [-0.2, -0.15) is 0 Å². The fourth-order valence-electron chi connectivity index (χ4n) is 1.37. The molecule has 0 fully saturated rings. The molecular formula is C14H20N2O4. The SMILES string of the molecule is C[C@@H](C(=O)O)N(Nc1ccccc1)C(=O)OC(C)(C)C. The molecule has 1 rings (SSSR count). The van der Waals surface area contributed by atoms with E-state index in [9.17, 15) is 9.59 Å². The zero-order valence-electron chi connectivity index (χ0n) is 12.1. The molecule has 2 N–H and O–H groups in total. The molecule has 1 amide bonds. The van der Waals surface area contributed by atoms with E-state index in [1.807, 2.05) is 6.07 Å². The number of nitrogens with one attached hydrogen (secondary N) is 1. The third kappa shape index (κ3) is 4.79. The highest BCUT2D eigenvalue weighted by atomic mass is 16.6. The van der Waals surface area contributed by atoms with E-state index >= 15 is 0 Å². The molecule has 0 saturated carbocycles. The summed E-state index contributed by atoms with van der Waals surface area (Å²) in [7, 11) is 0. The van der Waals surface area contributed by atoms with Crippen LogP contribution in [0.1, 0.15) is 27.7 Å². The molecule has 0 saturated heterocycles. The Bertz CT molecular complexity index is 468. The van der Waals surface area contributed by atoms with Crippen molar-refractivity contribution in [2.45, 2.75) is 39.3 Å². The number of hydrogen-bond donors (Lipinski definition) is 2. The lowest BCUT2D eigenvalue weighted by Gasteiger charge is -2.30. The summed E-state index contributed by atoms with van der Waals surface area (Å²) < 4.78 is 5.20. The van der Waals surface area contributed by atoms with Crippen molar-refractivity contribution in [1.82, 2.24) is 5.01 Å². The van der Waals surface area contributed by atoms with Crippen LogP contribution in [0, 0.1) is 0 Å². The van der Waals surface area contributed by atoms with Crippen molar-refractivity contribution in [3.8, 4) is 0 Å². The zero-order chi connectivity index (χ0) is 15.3. The standard InChI is InChI=1S/C14H20N2O4/c1-10(12(17)18)16(13(19)20-14(2,3)4)15-11-8-6-5-7-9-11/h5-10,15H,1-4H3,(H,17,18)/t10-/m0/s1. The number of anilines is 1. The van der Waals surface area contributed by atoms with Crippen LogP contribution in [0.25, 0.3) is 0 Å². The first kappa shape index (κ1) is 15.8. The molecule has 110 valence electrons. The molecule has 0 spiro atoms. The van der Waals surface area contributed by atoms with Crippen molar-refractivity contribution in [2.24, 2.45) is 0 Å². The Morgan fingerprint density at radius 1 is 1.25 bits per heavy atom. The number of carboxylic acids is 1. The first-order chi connectivity index (χ1) is 9.20. The summed E-state index contributed by atoms with van der Waals surface area (Å²) >= 11 is 0. The van der Waals surface area contributed by atoms with Gasteiger partial charge in [0.25, 0.3) is 0 Å². The Balaban J connectivity index is 2.91. The first-order valence-electron chi connectivity index (χ1n) is 6.27. The highest BCUT2D eigenvalue weighted by Crippen LogP contribution is 2.14. The Kier molecular flexibility index (Phi) is 4.96. The lowest BCUT2D eigenvalue weighted by molar-refractivity contribution is -0.142. The molecule has 0 aliphatic heterocycles. The maximum atomic E-state index is 12.1. The average molecular weight is 280 g/mol. The maximum Gasteiger partial charge on any atom is 0.429 e. The highest BCUT2D eigenvalue weighted by Gasteiger charge is 2.30. The topological polar surface area (TPSA) is 78.9 Å². The minimum atomic E-state index is -1.13. The third-order valence-corrected chi connectivity index (χ3v) is 2.36. The zero-order valence-corrected chi connectivity index (χ0v) is 12.1. The summed E-state index contributed by atoms with van der Waals surface area (Å²) in [5.74, 6) is -1.13. The monoisotopic (exact) mass is 280 g/mol. The summed E-state index contributed by atoms with van der Waals surface area (Å²) in [5.41, 5.74) is 2.66. The van der Waals surface area contributed by atoms with Crippen LogP contribution in [0.5, 0.6) is 0 Å². The normalized spacial score (nSPS) is 12.4. The summed E-state index contributed by atoms with van der Waals surface area (Å²) in [5, 5.41) is 10.0. The Hall–Kier alpha value is -2.24. The molecule has 0 unspecified atom stereocenters. The van der Waals surface area contributed by atoms with Crippen LogP contribution in [0.3, 0.4) is 0 Å². The quantitative estimate of drug-likeness (QED) is 0.829. The van der Waals surface area contributed by atoms with E-state index < -0.39 is 23.7 Å². The maximum absolute atomic E-state index is 12.1. The predicted octanol–water partition coefficient (Wildman–Crippen LogP) is 2.72. The second-order valence-corrected chi connectivity index (χ2v) is 5.34. The number of carbonyl (C=O) groups excluding carboxylic acids is 1. The summed E-state index contributed by atoms with van der Waals surface area (Å²) in [6.07, 6.45) is -0.740. The molecule has 1 atom stereocenters. The molecular weight excluding hydrogens is 260 g/mol. The molecule has 0 bridgehead atoms. The Morgan fingerprint density at radius 3 is 2.25 bits per heavy atom. The van der Waals surface area contributed by atoms with Crippen LogP contribution in [0.2, 0.25) is 0 Å². The average Bonchev–Trinajstić information content (AvgIpc) is 2.34. The van der Waals surface area contributed by atoms with Gasteiger partial charge in [0, 0.05) is 0 Å². The fourth-order valence-corrected chi connectivity index (χ4v) is 1.37. The van der Waals surface area contributed by atoms with Crippen LogP contribution in [0.15, 0.2) is 30.3 Å². The van der Waals surface area contributed by atoms with Gasteiger partial charge in [0.15, 0.2) is 6.04 Å². The van der Waals surface area contributed by atoms with Gasteiger partial charge in [-0.15, -0.1) is 0 Å². The van der Waals surface area contributed by atoms with Gasteiger partial charge in [-0.25, -0.2) is 14.6 Å².